The van der Waals surface area contributed by atoms with Crippen molar-refractivity contribution >= 4 is 15.9 Å². The van der Waals surface area contributed by atoms with Crippen LogP contribution in [0.2, 0.25) is 0 Å². The predicted octanol–water partition coefficient (Wildman–Crippen LogP) is 3.47. The first-order chi connectivity index (χ1) is 10.2. The van der Waals surface area contributed by atoms with E-state index in [4.69, 9.17) is 10.6 Å². The topological polar surface area (TPSA) is 47.3 Å². The summed E-state index contributed by atoms with van der Waals surface area (Å²) in [4.78, 5) is 0. The third kappa shape index (κ3) is 2.81. The average molecular weight is 351 g/mol. The molecular weight excluding hydrogens is 335 g/mol. The van der Waals surface area contributed by atoms with Crippen LogP contribution < -0.4 is 16.0 Å². The van der Waals surface area contributed by atoms with E-state index < -0.39 is 6.04 Å². The highest BCUT2D eigenvalue weighted by atomic mass is 79.9. The normalized spacial score (nSPS) is 15.2. The molecule has 3 nitrogen and oxygen atoms in total. The number of nitrogens with one attached hydrogen (secondary N) is 1. The first kappa shape index (κ1) is 14.5. The van der Waals surface area contributed by atoms with Crippen LogP contribution in [0.1, 0.15) is 29.2 Å². The fourth-order valence-electron chi connectivity index (χ4n) is 2.72. The van der Waals surface area contributed by atoms with Crippen molar-refractivity contribution in [2.45, 2.75) is 18.9 Å². The van der Waals surface area contributed by atoms with Crippen molar-refractivity contribution in [1.29, 1.82) is 0 Å². The molecule has 0 spiro atoms. The Labute approximate surface area is 131 Å². The van der Waals surface area contributed by atoms with Crippen LogP contribution in [0.15, 0.2) is 40.9 Å². The van der Waals surface area contributed by atoms with Gasteiger partial charge in [-0.25, -0.2) is 9.82 Å². The number of nitrogens with two attached hydrogens (primary N) is 1. The Balaban J connectivity index is 2.10. The van der Waals surface area contributed by atoms with Crippen LogP contribution in [0.4, 0.5) is 4.39 Å². The predicted molar refractivity (Wildman–Crippen MR) is 83.5 cm³/mol. The van der Waals surface area contributed by atoms with Crippen molar-refractivity contribution in [2.75, 3.05) is 6.61 Å². The zero-order valence-corrected chi connectivity index (χ0v) is 13.0. The minimum atomic E-state index is -0.449. The summed E-state index contributed by atoms with van der Waals surface area (Å²) in [6.07, 6.45) is 1.98. The summed E-state index contributed by atoms with van der Waals surface area (Å²) >= 11 is 3.37. The molecule has 1 heterocycles. The van der Waals surface area contributed by atoms with Gasteiger partial charge < -0.3 is 4.74 Å². The Morgan fingerprint density at radius 3 is 2.90 bits per heavy atom. The highest BCUT2D eigenvalue weighted by Gasteiger charge is 2.23. The molecule has 0 amide bonds. The van der Waals surface area contributed by atoms with Gasteiger partial charge in [-0.2, -0.15) is 0 Å². The van der Waals surface area contributed by atoms with Crippen LogP contribution in [-0.4, -0.2) is 6.61 Å². The van der Waals surface area contributed by atoms with Crippen LogP contribution in [0.25, 0.3) is 0 Å². The maximum absolute atomic E-state index is 14.2. The van der Waals surface area contributed by atoms with Crippen molar-refractivity contribution in [3.63, 3.8) is 0 Å². The molecule has 0 fully saturated rings. The van der Waals surface area contributed by atoms with Gasteiger partial charge in [-0.1, -0.05) is 34.1 Å². The highest BCUT2D eigenvalue weighted by Crippen LogP contribution is 2.36. The lowest BCUT2D eigenvalue weighted by atomic mass is 9.94. The van der Waals surface area contributed by atoms with E-state index in [1.165, 1.54) is 6.07 Å². The lowest BCUT2D eigenvalue weighted by Gasteiger charge is -2.25. The van der Waals surface area contributed by atoms with Gasteiger partial charge in [0.25, 0.3) is 0 Å². The third-order valence-corrected chi connectivity index (χ3v) is 4.20. The van der Waals surface area contributed by atoms with Crippen LogP contribution in [0.5, 0.6) is 5.75 Å². The van der Waals surface area contributed by atoms with E-state index in [-0.39, 0.29) is 5.82 Å². The Bertz CT molecular complexity index is 663. The fraction of sp³-hybridized carbons (Fsp3) is 0.250. The largest absolute Gasteiger partial charge is 0.493 e. The SMILES string of the molecule is NNC(c1cc(Br)ccc1F)c1cccc2c1OCCC2. The molecule has 3 rings (SSSR count). The monoisotopic (exact) mass is 350 g/mol. The van der Waals surface area contributed by atoms with Crippen molar-refractivity contribution in [3.8, 4) is 5.75 Å². The van der Waals surface area contributed by atoms with E-state index in [0.29, 0.717) is 12.2 Å². The minimum Gasteiger partial charge on any atom is -0.493 e. The minimum absolute atomic E-state index is 0.297. The van der Waals surface area contributed by atoms with Crippen molar-refractivity contribution < 1.29 is 9.13 Å². The molecule has 0 radical (unpaired) electrons. The van der Waals surface area contributed by atoms with Crippen LogP contribution in [-0.2, 0) is 6.42 Å². The second kappa shape index (κ2) is 6.13. The molecule has 1 atom stereocenters. The second-order valence-electron chi connectivity index (χ2n) is 5.05. The number of hydrogen-bond donors (Lipinski definition) is 2. The summed E-state index contributed by atoms with van der Waals surface area (Å²) in [5.41, 5.74) is 5.22. The molecular formula is C16H16BrFN2O. The third-order valence-electron chi connectivity index (χ3n) is 3.71. The smallest absolute Gasteiger partial charge is 0.128 e. The van der Waals surface area contributed by atoms with Crippen LogP contribution in [0.3, 0.4) is 0 Å². The van der Waals surface area contributed by atoms with Gasteiger partial charge in [-0.05, 0) is 36.6 Å². The van der Waals surface area contributed by atoms with E-state index in [9.17, 15) is 4.39 Å². The quantitative estimate of drug-likeness (QED) is 0.658. The molecule has 1 aliphatic rings. The molecule has 5 heteroatoms. The maximum atomic E-state index is 14.2. The second-order valence-corrected chi connectivity index (χ2v) is 5.97. The zero-order valence-electron chi connectivity index (χ0n) is 11.4. The van der Waals surface area contributed by atoms with Crippen molar-refractivity contribution in [1.82, 2.24) is 5.43 Å². The molecule has 2 aromatic carbocycles. The van der Waals surface area contributed by atoms with Gasteiger partial charge in [-0.3, -0.25) is 5.84 Å². The summed E-state index contributed by atoms with van der Waals surface area (Å²) in [6, 6.07) is 10.3. The van der Waals surface area contributed by atoms with Gasteiger partial charge in [-0.15, -0.1) is 0 Å². The van der Waals surface area contributed by atoms with Crippen molar-refractivity contribution in [3.05, 3.63) is 63.4 Å². The lowest BCUT2D eigenvalue weighted by molar-refractivity contribution is 0.283. The van der Waals surface area contributed by atoms with Gasteiger partial charge in [0.2, 0.25) is 0 Å². The molecule has 110 valence electrons. The summed E-state index contributed by atoms with van der Waals surface area (Å²) in [7, 11) is 0. The molecule has 21 heavy (non-hydrogen) atoms. The molecule has 1 aliphatic heterocycles. The number of hydrogen-bond acceptors (Lipinski definition) is 3. The summed E-state index contributed by atoms with van der Waals surface area (Å²) in [6.45, 7) is 0.683. The summed E-state index contributed by atoms with van der Waals surface area (Å²) in [5.74, 6) is 6.23. The van der Waals surface area contributed by atoms with Gasteiger partial charge in [0.1, 0.15) is 11.6 Å². The number of benzene rings is 2. The number of para-hydroxylation sites is 1. The molecule has 0 aliphatic carbocycles. The Hall–Kier alpha value is -1.43. The fourth-order valence-corrected chi connectivity index (χ4v) is 3.10. The first-order valence-corrected chi connectivity index (χ1v) is 7.65. The van der Waals surface area contributed by atoms with E-state index in [1.807, 2.05) is 18.2 Å². The molecule has 2 aromatic rings. The van der Waals surface area contributed by atoms with E-state index in [2.05, 4.69) is 21.4 Å². The summed E-state index contributed by atoms with van der Waals surface area (Å²) < 4.78 is 20.8. The van der Waals surface area contributed by atoms with E-state index >= 15 is 0 Å². The van der Waals surface area contributed by atoms with Gasteiger partial charge in [0.05, 0.1) is 12.6 Å². The zero-order chi connectivity index (χ0) is 14.8. The molecule has 0 saturated heterocycles. The number of aryl methyl sites for hydroxylation is 1. The van der Waals surface area contributed by atoms with Crippen LogP contribution >= 0.6 is 15.9 Å². The van der Waals surface area contributed by atoms with Gasteiger partial charge >= 0.3 is 0 Å². The standard InChI is InChI=1S/C16H16BrFN2O/c17-11-6-7-14(18)13(9-11)15(20-19)12-5-1-3-10-4-2-8-21-16(10)12/h1,3,5-7,9,15,20H,2,4,8,19H2. The lowest BCUT2D eigenvalue weighted by Crippen LogP contribution is -2.30. The number of hydrazine groups is 1. The van der Waals surface area contributed by atoms with Crippen LogP contribution in [0, 0.1) is 5.82 Å². The molecule has 1 unspecified atom stereocenters. The molecule has 0 bridgehead atoms. The van der Waals surface area contributed by atoms with Gasteiger partial charge in [0.15, 0.2) is 0 Å². The van der Waals surface area contributed by atoms with E-state index in [1.54, 1.807) is 12.1 Å². The number of fused-ring (bicyclic) bond motifs is 1. The molecule has 3 N–H and O–H groups in total. The number of rotatable bonds is 3. The van der Waals surface area contributed by atoms with Crippen molar-refractivity contribution in [2.24, 2.45) is 5.84 Å². The average Bonchev–Trinajstić information content (AvgIpc) is 2.51. The van der Waals surface area contributed by atoms with E-state index in [0.717, 1.165) is 34.2 Å². The Morgan fingerprint density at radius 2 is 2.10 bits per heavy atom. The summed E-state index contributed by atoms with van der Waals surface area (Å²) in [5, 5.41) is 0. The van der Waals surface area contributed by atoms with Gasteiger partial charge in [0, 0.05) is 15.6 Å². The number of ether oxygens (including phenoxy) is 1. The molecule has 0 aromatic heterocycles. The maximum Gasteiger partial charge on any atom is 0.128 e. The Kier molecular flexibility index (Phi) is 4.24. The number of halogens is 2. The Morgan fingerprint density at radius 1 is 1.24 bits per heavy atom. The highest BCUT2D eigenvalue weighted by molar-refractivity contribution is 9.10. The first-order valence-electron chi connectivity index (χ1n) is 6.86. The molecule has 0 saturated carbocycles.